The van der Waals surface area contributed by atoms with Gasteiger partial charge in [-0.25, -0.2) is 0 Å². The summed E-state index contributed by atoms with van der Waals surface area (Å²) in [6.45, 7) is 10.4. The molecule has 2 heterocycles. The highest BCUT2D eigenvalue weighted by Crippen LogP contribution is 2.39. The quantitative estimate of drug-likeness (QED) is 0.684. The number of likely N-dealkylation sites (tertiary alicyclic amines) is 2. The predicted molar refractivity (Wildman–Crippen MR) is 69.8 cm³/mol. The maximum absolute atomic E-state index is 10.6. The SMILES string of the molecule is CCC(C)CCN1CCC2(CC1)CN(C=O)C2. The number of carbonyl (C=O) groups is 1. The number of hydrogen-bond donors (Lipinski definition) is 0. The molecule has 0 bridgehead atoms. The number of piperidine rings is 1. The summed E-state index contributed by atoms with van der Waals surface area (Å²) < 4.78 is 0. The van der Waals surface area contributed by atoms with Crippen molar-refractivity contribution in [1.82, 2.24) is 9.80 Å². The van der Waals surface area contributed by atoms with E-state index in [1.807, 2.05) is 4.90 Å². The summed E-state index contributed by atoms with van der Waals surface area (Å²) in [5.41, 5.74) is 0.494. The average molecular weight is 238 g/mol. The third-order valence-electron chi connectivity index (χ3n) is 4.78. The Morgan fingerprint density at radius 3 is 2.47 bits per heavy atom. The van der Waals surface area contributed by atoms with Gasteiger partial charge in [0.05, 0.1) is 0 Å². The lowest BCUT2D eigenvalue weighted by Gasteiger charge is -2.52. The Hall–Kier alpha value is -0.570. The minimum atomic E-state index is 0.494. The molecule has 3 heteroatoms. The van der Waals surface area contributed by atoms with Gasteiger partial charge in [0.15, 0.2) is 0 Å². The van der Waals surface area contributed by atoms with Gasteiger partial charge in [-0.15, -0.1) is 0 Å². The van der Waals surface area contributed by atoms with Crippen LogP contribution in [0.25, 0.3) is 0 Å². The first-order valence-corrected chi connectivity index (χ1v) is 7.09. The van der Waals surface area contributed by atoms with E-state index in [0.29, 0.717) is 5.41 Å². The lowest BCUT2D eigenvalue weighted by atomic mass is 9.72. The summed E-state index contributed by atoms with van der Waals surface area (Å²) in [6, 6.07) is 0. The minimum absolute atomic E-state index is 0.494. The van der Waals surface area contributed by atoms with Crippen LogP contribution in [0.1, 0.15) is 39.5 Å². The molecular formula is C14H26N2O. The summed E-state index contributed by atoms with van der Waals surface area (Å²) in [4.78, 5) is 15.1. The van der Waals surface area contributed by atoms with E-state index >= 15 is 0 Å². The van der Waals surface area contributed by atoms with Crippen LogP contribution < -0.4 is 0 Å². The fourth-order valence-electron chi connectivity index (χ4n) is 3.06. The van der Waals surface area contributed by atoms with Crippen LogP contribution in [-0.4, -0.2) is 48.9 Å². The third-order valence-corrected chi connectivity index (χ3v) is 4.78. The topological polar surface area (TPSA) is 23.6 Å². The fourth-order valence-corrected chi connectivity index (χ4v) is 3.06. The molecule has 98 valence electrons. The van der Waals surface area contributed by atoms with Crippen LogP contribution in [0.4, 0.5) is 0 Å². The maximum Gasteiger partial charge on any atom is 0.209 e. The van der Waals surface area contributed by atoms with Gasteiger partial charge in [-0.2, -0.15) is 0 Å². The normalized spacial score (nSPS) is 25.6. The minimum Gasteiger partial charge on any atom is -0.344 e. The molecule has 17 heavy (non-hydrogen) atoms. The van der Waals surface area contributed by atoms with Crippen LogP contribution >= 0.6 is 0 Å². The van der Waals surface area contributed by atoms with E-state index in [9.17, 15) is 4.79 Å². The number of carbonyl (C=O) groups excluding carboxylic acids is 1. The Morgan fingerprint density at radius 1 is 1.29 bits per heavy atom. The van der Waals surface area contributed by atoms with Gasteiger partial charge in [0, 0.05) is 18.5 Å². The van der Waals surface area contributed by atoms with Gasteiger partial charge in [-0.1, -0.05) is 20.3 Å². The maximum atomic E-state index is 10.6. The van der Waals surface area contributed by atoms with Crippen LogP contribution in [0, 0.1) is 11.3 Å². The molecule has 0 aromatic carbocycles. The van der Waals surface area contributed by atoms with Crippen molar-refractivity contribution in [3.8, 4) is 0 Å². The highest BCUT2D eigenvalue weighted by atomic mass is 16.1. The van der Waals surface area contributed by atoms with Gasteiger partial charge >= 0.3 is 0 Å². The van der Waals surface area contributed by atoms with Crippen molar-refractivity contribution in [3.05, 3.63) is 0 Å². The van der Waals surface area contributed by atoms with Crippen molar-refractivity contribution in [2.75, 3.05) is 32.7 Å². The van der Waals surface area contributed by atoms with E-state index < -0.39 is 0 Å². The van der Waals surface area contributed by atoms with E-state index in [2.05, 4.69) is 18.7 Å². The molecule has 0 aromatic heterocycles. The van der Waals surface area contributed by atoms with Crippen LogP contribution in [0.15, 0.2) is 0 Å². The molecule has 0 aromatic rings. The summed E-state index contributed by atoms with van der Waals surface area (Å²) in [5.74, 6) is 0.861. The van der Waals surface area contributed by atoms with E-state index in [1.165, 1.54) is 45.3 Å². The molecule has 2 aliphatic heterocycles. The standard InChI is InChI=1S/C14H26N2O/c1-3-13(2)4-7-15-8-5-14(6-9-15)10-16(11-14)12-17/h12-13H,3-11H2,1-2H3. The van der Waals surface area contributed by atoms with Gasteiger partial charge in [0.2, 0.25) is 6.41 Å². The smallest absolute Gasteiger partial charge is 0.209 e. The van der Waals surface area contributed by atoms with E-state index in [1.54, 1.807) is 0 Å². The molecule has 0 saturated carbocycles. The lowest BCUT2D eigenvalue weighted by molar-refractivity contribution is -0.132. The van der Waals surface area contributed by atoms with Gasteiger partial charge in [-0.05, 0) is 44.8 Å². The van der Waals surface area contributed by atoms with E-state index in [4.69, 9.17) is 0 Å². The van der Waals surface area contributed by atoms with Crippen LogP contribution in [0.3, 0.4) is 0 Å². The molecule has 1 atom stereocenters. The first-order chi connectivity index (χ1) is 8.17. The highest BCUT2D eigenvalue weighted by molar-refractivity contribution is 5.49. The van der Waals surface area contributed by atoms with Gasteiger partial charge in [0.1, 0.15) is 0 Å². The van der Waals surface area contributed by atoms with Crippen LogP contribution in [0.2, 0.25) is 0 Å². The van der Waals surface area contributed by atoms with Crippen LogP contribution in [0.5, 0.6) is 0 Å². The number of nitrogens with zero attached hydrogens (tertiary/aromatic N) is 2. The van der Waals surface area contributed by atoms with Crippen molar-refractivity contribution >= 4 is 6.41 Å². The number of rotatable bonds is 5. The monoisotopic (exact) mass is 238 g/mol. The Kier molecular flexibility index (Phi) is 4.08. The molecule has 1 spiro atoms. The van der Waals surface area contributed by atoms with Gasteiger partial charge < -0.3 is 9.80 Å². The lowest BCUT2D eigenvalue weighted by Crippen LogP contribution is -2.59. The average Bonchev–Trinajstić information content (AvgIpc) is 2.33. The number of hydrogen-bond acceptors (Lipinski definition) is 2. The zero-order valence-corrected chi connectivity index (χ0v) is 11.3. The molecule has 0 aliphatic carbocycles. The van der Waals surface area contributed by atoms with Crippen molar-refractivity contribution in [1.29, 1.82) is 0 Å². The molecule has 2 aliphatic rings. The zero-order chi connectivity index (χ0) is 12.3. The summed E-state index contributed by atoms with van der Waals surface area (Å²) in [6.07, 6.45) is 6.21. The number of amides is 1. The van der Waals surface area contributed by atoms with Crippen molar-refractivity contribution in [2.45, 2.75) is 39.5 Å². The van der Waals surface area contributed by atoms with E-state index in [0.717, 1.165) is 25.4 Å². The Labute approximate surface area is 105 Å². The third kappa shape index (κ3) is 3.01. The largest absolute Gasteiger partial charge is 0.344 e. The molecule has 1 unspecified atom stereocenters. The van der Waals surface area contributed by atoms with Crippen molar-refractivity contribution in [3.63, 3.8) is 0 Å². The molecule has 2 rings (SSSR count). The Balaban J connectivity index is 1.67. The molecule has 2 fully saturated rings. The van der Waals surface area contributed by atoms with Crippen molar-refractivity contribution < 1.29 is 4.79 Å². The Bertz CT molecular complexity index is 251. The molecule has 0 radical (unpaired) electrons. The zero-order valence-electron chi connectivity index (χ0n) is 11.3. The second kappa shape index (κ2) is 5.38. The predicted octanol–water partition coefficient (Wildman–Crippen LogP) is 1.98. The second-order valence-corrected chi connectivity index (χ2v) is 6.15. The van der Waals surface area contributed by atoms with E-state index in [-0.39, 0.29) is 0 Å². The van der Waals surface area contributed by atoms with Crippen LogP contribution in [-0.2, 0) is 4.79 Å². The summed E-state index contributed by atoms with van der Waals surface area (Å²) >= 11 is 0. The first kappa shape index (κ1) is 12.9. The summed E-state index contributed by atoms with van der Waals surface area (Å²) in [7, 11) is 0. The first-order valence-electron chi connectivity index (χ1n) is 7.09. The second-order valence-electron chi connectivity index (χ2n) is 6.15. The van der Waals surface area contributed by atoms with Gasteiger partial charge in [-0.3, -0.25) is 4.79 Å². The fraction of sp³-hybridized carbons (Fsp3) is 0.929. The summed E-state index contributed by atoms with van der Waals surface area (Å²) in [5, 5.41) is 0. The van der Waals surface area contributed by atoms with Crippen molar-refractivity contribution in [2.24, 2.45) is 11.3 Å². The molecule has 0 N–H and O–H groups in total. The highest BCUT2D eigenvalue weighted by Gasteiger charge is 2.44. The van der Waals surface area contributed by atoms with Gasteiger partial charge in [0.25, 0.3) is 0 Å². The molecule has 2 saturated heterocycles. The molecule has 3 nitrogen and oxygen atoms in total. The Morgan fingerprint density at radius 2 is 1.94 bits per heavy atom. The molecular weight excluding hydrogens is 212 g/mol. The molecule has 1 amide bonds.